The molecule has 0 unspecified atom stereocenters. The van der Waals surface area contributed by atoms with Gasteiger partial charge in [-0.3, -0.25) is 0 Å². The highest BCUT2D eigenvalue weighted by atomic mass is 16.4. The minimum absolute atomic E-state index is 0.0644. The number of anilines is 1. The largest absolute Gasteiger partial charge is 0.477 e. The second kappa shape index (κ2) is 7.24. The Morgan fingerprint density at radius 2 is 1.94 bits per heavy atom. The van der Waals surface area contributed by atoms with Crippen LogP contribution in [0.5, 0.6) is 0 Å². The fourth-order valence-corrected chi connectivity index (χ4v) is 3.86. The van der Waals surface area contributed by atoms with Gasteiger partial charge in [0.05, 0.1) is 11.9 Å². The molecule has 0 aliphatic heterocycles. The smallest absolute Gasteiger partial charge is 0.341 e. The van der Waals surface area contributed by atoms with Crippen LogP contribution >= 0.6 is 0 Å². The van der Waals surface area contributed by atoms with Crippen LogP contribution < -0.4 is 4.90 Å². The van der Waals surface area contributed by atoms with Crippen LogP contribution in [0.2, 0.25) is 0 Å². The molecular weight excluding hydrogens is 392 g/mol. The van der Waals surface area contributed by atoms with Crippen molar-refractivity contribution in [3.05, 3.63) is 78.2 Å². The molecule has 0 aliphatic carbocycles. The third kappa shape index (κ3) is 3.18. The van der Waals surface area contributed by atoms with Gasteiger partial charge in [0, 0.05) is 50.0 Å². The number of carboxylic acids is 1. The monoisotopic (exact) mass is 412 g/mol. The number of hydrogen-bond donors (Lipinski definition) is 1. The number of carboxylic acid groups (broad SMARTS) is 1. The van der Waals surface area contributed by atoms with Gasteiger partial charge in [-0.1, -0.05) is 30.3 Å². The maximum Gasteiger partial charge on any atom is 0.341 e. The Balaban J connectivity index is 1.72. The molecule has 154 valence electrons. The number of aromatic carboxylic acids is 1. The molecule has 5 aromatic rings. The number of aryl methyl sites for hydroxylation is 1. The number of nitrogens with zero attached hydrogens (tertiary/aromatic N) is 6. The molecule has 0 saturated heterocycles. The van der Waals surface area contributed by atoms with Crippen molar-refractivity contribution < 1.29 is 9.90 Å². The molecule has 0 bridgehead atoms. The fourth-order valence-electron chi connectivity index (χ4n) is 3.86. The van der Waals surface area contributed by atoms with Crippen molar-refractivity contribution in [2.24, 2.45) is 7.05 Å². The molecule has 0 fully saturated rings. The minimum Gasteiger partial charge on any atom is -0.477 e. The highest BCUT2D eigenvalue weighted by Crippen LogP contribution is 2.31. The predicted molar refractivity (Wildman–Crippen MR) is 118 cm³/mol. The topological polar surface area (TPSA) is 88.5 Å². The van der Waals surface area contributed by atoms with E-state index in [9.17, 15) is 9.90 Å². The van der Waals surface area contributed by atoms with Crippen LogP contribution in [0.25, 0.3) is 27.9 Å². The quantitative estimate of drug-likeness (QED) is 0.474. The fraction of sp³-hybridized carbons (Fsp3) is 0.130. The van der Waals surface area contributed by atoms with Gasteiger partial charge in [0.25, 0.3) is 0 Å². The zero-order valence-corrected chi connectivity index (χ0v) is 17.1. The van der Waals surface area contributed by atoms with E-state index in [0.29, 0.717) is 17.9 Å². The Labute approximate surface area is 178 Å². The van der Waals surface area contributed by atoms with Crippen molar-refractivity contribution in [2.75, 3.05) is 11.9 Å². The number of pyridine rings is 1. The van der Waals surface area contributed by atoms with E-state index < -0.39 is 5.97 Å². The molecule has 0 saturated carbocycles. The van der Waals surface area contributed by atoms with Crippen molar-refractivity contribution in [1.29, 1.82) is 0 Å². The zero-order chi connectivity index (χ0) is 21.5. The summed E-state index contributed by atoms with van der Waals surface area (Å²) in [6.07, 6.45) is 5.06. The molecule has 0 atom stereocenters. The van der Waals surface area contributed by atoms with Crippen LogP contribution in [0.4, 0.5) is 5.82 Å². The third-order valence-corrected chi connectivity index (χ3v) is 5.35. The lowest BCUT2D eigenvalue weighted by Crippen LogP contribution is -2.20. The van der Waals surface area contributed by atoms with Gasteiger partial charge in [0.2, 0.25) is 0 Å². The maximum atomic E-state index is 11.8. The standard InChI is InChI=1S/C23H20N6O2/c1-27(13-15-7-4-3-5-8-15)20-11-19(26-22-17(23(30)31)12-25-29(20)22)18-14-28(2)21-16(18)9-6-10-24-21/h3-12,14H,13H2,1-2H3,(H,30,31). The first-order valence-corrected chi connectivity index (χ1v) is 9.80. The Morgan fingerprint density at radius 1 is 1.13 bits per heavy atom. The van der Waals surface area contributed by atoms with Crippen molar-refractivity contribution in [1.82, 2.24) is 24.1 Å². The highest BCUT2D eigenvalue weighted by molar-refractivity contribution is 5.97. The Morgan fingerprint density at radius 3 is 2.71 bits per heavy atom. The Bertz CT molecular complexity index is 1420. The molecule has 0 spiro atoms. The Hall–Kier alpha value is -4.20. The van der Waals surface area contributed by atoms with E-state index in [-0.39, 0.29) is 5.56 Å². The lowest BCUT2D eigenvalue weighted by molar-refractivity contribution is 0.0699. The van der Waals surface area contributed by atoms with Gasteiger partial charge in [-0.2, -0.15) is 9.61 Å². The first kappa shape index (κ1) is 18.8. The molecule has 4 heterocycles. The van der Waals surface area contributed by atoms with E-state index in [2.05, 4.69) is 22.2 Å². The molecule has 31 heavy (non-hydrogen) atoms. The summed E-state index contributed by atoms with van der Waals surface area (Å²) in [6.45, 7) is 0.638. The summed E-state index contributed by atoms with van der Waals surface area (Å²) in [5, 5.41) is 14.9. The van der Waals surface area contributed by atoms with Crippen molar-refractivity contribution in [2.45, 2.75) is 6.54 Å². The number of aromatic nitrogens is 5. The predicted octanol–water partition coefficient (Wildman–Crippen LogP) is 3.62. The second-order valence-electron chi connectivity index (χ2n) is 7.47. The van der Waals surface area contributed by atoms with E-state index >= 15 is 0 Å². The minimum atomic E-state index is -1.06. The van der Waals surface area contributed by atoms with E-state index in [4.69, 9.17) is 4.98 Å². The molecule has 8 nitrogen and oxygen atoms in total. The summed E-state index contributed by atoms with van der Waals surface area (Å²) in [5.74, 6) is -0.312. The van der Waals surface area contributed by atoms with Gasteiger partial charge in [-0.15, -0.1) is 0 Å². The first-order chi connectivity index (χ1) is 15.0. The maximum absolute atomic E-state index is 11.8. The van der Waals surface area contributed by atoms with Crippen LogP contribution in [0.15, 0.2) is 67.1 Å². The second-order valence-corrected chi connectivity index (χ2v) is 7.47. The van der Waals surface area contributed by atoms with Crippen LogP contribution in [0, 0.1) is 0 Å². The number of rotatable bonds is 5. The molecule has 1 N–H and O–H groups in total. The molecule has 8 heteroatoms. The van der Waals surface area contributed by atoms with Crippen LogP contribution in [-0.2, 0) is 13.6 Å². The number of hydrogen-bond acceptors (Lipinski definition) is 5. The van der Waals surface area contributed by atoms with E-state index in [1.165, 1.54) is 6.20 Å². The number of fused-ring (bicyclic) bond motifs is 2. The molecule has 0 aliphatic rings. The number of carbonyl (C=O) groups is 1. The summed E-state index contributed by atoms with van der Waals surface area (Å²) in [4.78, 5) is 23.0. The normalized spacial score (nSPS) is 11.3. The summed E-state index contributed by atoms with van der Waals surface area (Å²) in [5.41, 5.74) is 3.90. The van der Waals surface area contributed by atoms with Crippen LogP contribution in [0.3, 0.4) is 0 Å². The van der Waals surface area contributed by atoms with Gasteiger partial charge in [0.15, 0.2) is 5.65 Å². The van der Waals surface area contributed by atoms with E-state index in [0.717, 1.165) is 28.0 Å². The third-order valence-electron chi connectivity index (χ3n) is 5.35. The molecule has 0 radical (unpaired) electrons. The van der Waals surface area contributed by atoms with Crippen LogP contribution in [-0.4, -0.2) is 42.3 Å². The summed E-state index contributed by atoms with van der Waals surface area (Å²) in [7, 11) is 3.89. The average molecular weight is 412 g/mol. The summed E-state index contributed by atoms with van der Waals surface area (Å²) in [6, 6.07) is 15.9. The van der Waals surface area contributed by atoms with Gasteiger partial charge >= 0.3 is 5.97 Å². The average Bonchev–Trinajstić information content (AvgIpc) is 3.35. The molecular formula is C23H20N6O2. The molecule has 1 aromatic carbocycles. The van der Waals surface area contributed by atoms with Gasteiger partial charge in [-0.25, -0.2) is 14.8 Å². The summed E-state index contributed by atoms with van der Waals surface area (Å²) < 4.78 is 3.53. The SMILES string of the molecule is CN(Cc1ccccc1)c1cc(-c2cn(C)c3ncccc23)nc2c(C(=O)O)cnn12. The van der Waals surface area contributed by atoms with E-state index in [1.807, 2.05) is 66.2 Å². The zero-order valence-electron chi connectivity index (χ0n) is 17.1. The van der Waals surface area contributed by atoms with Gasteiger partial charge in [-0.05, 0) is 17.7 Å². The first-order valence-electron chi connectivity index (χ1n) is 9.80. The van der Waals surface area contributed by atoms with Gasteiger partial charge in [0.1, 0.15) is 17.0 Å². The molecule has 4 aromatic heterocycles. The highest BCUT2D eigenvalue weighted by Gasteiger charge is 2.20. The Kier molecular flexibility index (Phi) is 4.39. The lowest BCUT2D eigenvalue weighted by Gasteiger charge is -2.21. The van der Waals surface area contributed by atoms with Gasteiger partial charge < -0.3 is 14.6 Å². The van der Waals surface area contributed by atoms with Crippen molar-refractivity contribution in [3.63, 3.8) is 0 Å². The van der Waals surface area contributed by atoms with E-state index in [1.54, 1.807) is 10.7 Å². The molecule has 0 amide bonds. The number of benzene rings is 1. The van der Waals surface area contributed by atoms with Crippen LogP contribution in [0.1, 0.15) is 15.9 Å². The van der Waals surface area contributed by atoms with Crippen molar-refractivity contribution in [3.8, 4) is 11.3 Å². The summed E-state index contributed by atoms with van der Waals surface area (Å²) >= 11 is 0. The van der Waals surface area contributed by atoms with Crippen molar-refractivity contribution >= 4 is 28.5 Å². The lowest BCUT2D eigenvalue weighted by atomic mass is 10.1. The molecule has 5 rings (SSSR count).